The quantitative estimate of drug-likeness (QED) is 0.816. The van der Waals surface area contributed by atoms with Gasteiger partial charge in [0.1, 0.15) is 5.75 Å². The second-order valence-corrected chi connectivity index (χ2v) is 4.27. The molecule has 4 heteroatoms. The van der Waals surface area contributed by atoms with Crippen LogP contribution in [0.4, 0.5) is 0 Å². The SMILES string of the molecule is COc1ccc(C(=O)c2ccncc2)cc1Br. The Morgan fingerprint density at radius 2 is 1.88 bits per heavy atom. The number of pyridine rings is 1. The minimum Gasteiger partial charge on any atom is -0.496 e. The normalized spacial score (nSPS) is 10.0. The van der Waals surface area contributed by atoms with Crippen LogP contribution in [-0.2, 0) is 0 Å². The molecule has 86 valence electrons. The predicted molar refractivity (Wildman–Crippen MR) is 68.4 cm³/mol. The lowest BCUT2D eigenvalue weighted by Crippen LogP contribution is -2.01. The molecule has 0 aliphatic rings. The molecule has 1 aromatic heterocycles. The fraction of sp³-hybridized carbons (Fsp3) is 0.0769. The van der Waals surface area contributed by atoms with Crippen molar-refractivity contribution in [2.24, 2.45) is 0 Å². The van der Waals surface area contributed by atoms with E-state index in [-0.39, 0.29) is 5.78 Å². The molecule has 0 fully saturated rings. The second-order valence-electron chi connectivity index (χ2n) is 3.41. The fourth-order valence-electron chi connectivity index (χ4n) is 1.48. The van der Waals surface area contributed by atoms with Gasteiger partial charge in [0.15, 0.2) is 5.78 Å². The van der Waals surface area contributed by atoms with Crippen LogP contribution in [0.5, 0.6) is 5.75 Å². The average molecular weight is 292 g/mol. The third kappa shape index (κ3) is 2.53. The first kappa shape index (κ1) is 11.8. The molecule has 0 saturated carbocycles. The number of aromatic nitrogens is 1. The van der Waals surface area contributed by atoms with Gasteiger partial charge in [-0.2, -0.15) is 0 Å². The molecule has 0 amide bonds. The summed E-state index contributed by atoms with van der Waals surface area (Å²) in [6, 6.07) is 8.65. The maximum Gasteiger partial charge on any atom is 0.193 e. The van der Waals surface area contributed by atoms with Gasteiger partial charge in [-0.05, 0) is 46.3 Å². The summed E-state index contributed by atoms with van der Waals surface area (Å²) < 4.78 is 5.88. The van der Waals surface area contributed by atoms with E-state index in [1.54, 1.807) is 49.8 Å². The molecule has 0 saturated heterocycles. The molecular weight excluding hydrogens is 282 g/mol. The summed E-state index contributed by atoms with van der Waals surface area (Å²) in [6.45, 7) is 0. The molecule has 2 aromatic rings. The van der Waals surface area contributed by atoms with E-state index in [4.69, 9.17) is 4.74 Å². The van der Waals surface area contributed by atoms with Gasteiger partial charge >= 0.3 is 0 Å². The summed E-state index contributed by atoms with van der Waals surface area (Å²) in [7, 11) is 1.59. The molecule has 0 bridgehead atoms. The van der Waals surface area contributed by atoms with Gasteiger partial charge in [0.25, 0.3) is 0 Å². The van der Waals surface area contributed by atoms with Crippen molar-refractivity contribution in [3.63, 3.8) is 0 Å². The van der Waals surface area contributed by atoms with Crippen LogP contribution in [0.2, 0.25) is 0 Å². The van der Waals surface area contributed by atoms with Gasteiger partial charge in [-0.3, -0.25) is 9.78 Å². The summed E-state index contributed by atoms with van der Waals surface area (Å²) in [6.07, 6.45) is 3.21. The zero-order valence-corrected chi connectivity index (χ0v) is 10.8. The maximum absolute atomic E-state index is 12.1. The molecule has 2 rings (SSSR count). The Balaban J connectivity index is 2.35. The van der Waals surface area contributed by atoms with Crippen LogP contribution in [0.1, 0.15) is 15.9 Å². The van der Waals surface area contributed by atoms with Gasteiger partial charge in [0, 0.05) is 23.5 Å². The lowest BCUT2D eigenvalue weighted by molar-refractivity contribution is 0.103. The number of nitrogens with zero attached hydrogens (tertiary/aromatic N) is 1. The molecule has 1 heterocycles. The van der Waals surface area contributed by atoms with Crippen LogP contribution >= 0.6 is 15.9 Å². The van der Waals surface area contributed by atoms with Gasteiger partial charge in [-0.15, -0.1) is 0 Å². The number of halogens is 1. The standard InChI is InChI=1S/C13H10BrNO2/c1-17-12-3-2-10(8-11(12)14)13(16)9-4-6-15-7-5-9/h2-8H,1H3. The predicted octanol–water partition coefficient (Wildman–Crippen LogP) is 3.08. The highest BCUT2D eigenvalue weighted by atomic mass is 79.9. The van der Waals surface area contributed by atoms with E-state index in [0.717, 1.165) is 4.47 Å². The van der Waals surface area contributed by atoms with Gasteiger partial charge in [0.05, 0.1) is 11.6 Å². The van der Waals surface area contributed by atoms with E-state index in [2.05, 4.69) is 20.9 Å². The van der Waals surface area contributed by atoms with Crippen LogP contribution in [-0.4, -0.2) is 17.9 Å². The Morgan fingerprint density at radius 3 is 2.47 bits per heavy atom. The molecule has 0 spiro atoms. The summed E-state index contributed by atoms with van der Waals surface area (Å²) in [5.74, 6) is 0.673. The zero-order chi connectivity index (χ0) is 12.3. The van der Waals surface area contributed by atoms with Crippen molar-refractivity contribution in [1.29, 1.82) is 0 Å². The van der Waals surface area contributed by atoms with Gasteiger partial charge in [0.2, 0.25) is 0 Å². The Hall–Kier alpha value is -1.68. The van der Waals surface area contributed by atoms with E-state index in [1.807, 2.05) is 0 Å². The van der Waals surface area contributed by atoms with Crippen LogP contribution in [0.3, 0.4) is 0 Å². The molecule has 0 radical (unpaired) electrons. The van der Waals surface area contributed by atoms with E-state index >= 15 is 0 Å². The first-order valence-electron chi connectivity index (χ1n) is 5.00. The molecule has 0 unspecified atom stereocenters. The molecule has 0 aliphatic heterocycles. The Labute approximate surface area is 108 Å². The van der Waals surface area contributed by atoms with Crippen molar-refractivity contribution in [3.05, 3.63) is 58.3 Å². The molecule has 1 aromatic carbocycles. The summed E-state index contributed by atoms with van der Waals surface area (Å²) in [4.78, 5) is 16.0. The number of rotatable bonds is 3. The van der Waals surface area contributed by atoms with Crippen LogP contribution in [0.15, 0.2) is 47.2 Å². The van der Waals surface area contributed by atoms with Gasteiger partial charge in [-0.25, -0.2) is 0 Å². The maximum atomic E-state index is 12.1. The monoisotopic (exact) mass is 291 g/mol. The molecular formula is C13H10BrNO2. The first-order valence-corrected chi connectivity index (χ1v) is 5.80. The third-order valence-electron chi connectivity index (χ3n) is 2.36. The number of methoxy groups -OCH3 is 1. The van der Waals surface area contributed by atoms with Gasteiger partial charge < -0.3 is 4.74 Å². The Bertz CT molecular complexity index is 540. The lowest BCUT2D eigenvalue weighted by atomic mass is 10.0. The highest BCUT2D eigenvalue weighted by Gasteiger charge is 2.10. The number of carbonyl (C=O) groups excluding carboxylic acids is 1. The summed E-state index contributed by atoms with van der Waals surface area (Å²) >= 11 is 3.36. The minimum absolute atomic E-state index is 0.0317. The van der Waals surface area contributed by atoms with Crippen molar-refractivity contribution in [1.82, 2.24) is 4.98 Å². The third-order valence-corrected chi connectivity index (χ3v) is 2.98. The smallest absolute Gasteiger partial charge is 0.193 e. The number of hydrogen-bond acceptors (Lipinski definition) is 3. The van der Waals surface area contributed by atoms with Crippen LogP contribution in [0, 0.1) is 0 Å². The topological polar surface area (TPSA) is 39.2 Å². The highest BCUT2D eigenvalue weighted by molar-refractivity contribution is 9.10. The van der Waals surface area contributed by atoms with Crippen molar-refractivity contribution in [2.45, 2.75) is 0 Å². The number of ketones is 1. The van der Waals surface area contributed by atoms with E-state index in [1.165, 1.54) is 0 Å². The van der Waals surface area contributed by atoms with E-state index in [9.17, 15) is 4.79 Å². The van der Waals surface area contributed by atoms with Crippen molar-refractivity contribution >= 4 is 21.7 Å². The molecule has 0 atom stereocenters. The number of benzene rings is 1. The summed E-state index contributed by atoms with van der Waals surface area (Å²) in [5.41, 5.74) is 1.24. The fourth-order valence-corrected chi connectivity index (χ4v) is 2.02. The number of carbonyl (C=O) groups is 1. The molecule has 0 N–H and O–H groups in total. The number of hydrogen-bond donors (Lipinski definition) is 0. The van der Waals surface area contributed by atoms with Crippen LogP contribution in [0.25, 0.3) is 0 Å². The van der Waals surface area contributed by atoms with Gasteiger partial charge in [-0.1, -0.05) is 0 Å². The first-order chi connectivity index (χ1) is 8.22. The molecule has 17 heavy (non-hydrogen) atoms. The second kappa shape index (κ2) is 5.10. The molecule has 0 aliphatic carbocycles. The Kier molecular flexibility index (Phi) is 3.54. The number of ether oxygens (including phenoxy) is 1. The zero-order valence-electron chi connectivity index (χ0n) is 9.18. The van der Waals surface area contributed by atoms with E-state index < -0.39 is 0 Å². The lowest BCUT2D eigenvalue weighted by Gasteiger charge is -2.05. The highest BCUT2D eigenvalue weighted by Crippen LogP contribution is 2.26. The molecule has 3 nitrogen and oxygen atoms in total. The largest absolute Gasteiger partial charge is 0.496 e. The van der Waals surface area contributed by atoms with E-state index in [0.29, 0.717) is 16.9 Å². The minimum atomic E-state index is -0.0317. The van der Waals surface area contributed by atoms with Crippen molar-refractivity contribution in [2.75, 3.05) is 7.11 Å². The summed E-state index contributed by atoms with van der Waals surface area (Å²) in [5, 5.41) is 0. The Morgan fingerprint density at radius 1 is 1.18 bits per heavy atom. The average Bonchev–Trinajstić information content (AvgIpc) is 2.39. The van der Waals surface area contributed by atoms with Crippen LogP contribution < -0.4 is 4.74 Å². The van der Waals surface area contributed by atoms with Crippen molar-refractivity contribution in [3.8, 4) is 5.75 Å². The van der Waals surface area contributed by atoms with Crippen molar-refractivity contribution < 1.29 is 9.53 Å².